The first-order chi connectivity index (χ1) is 8.16. The highest BCUT2D eigenvalue weighted by Crippen LogP contribution is 2.15. The molecule has 1 aromatic carbocycles. The number of rotatable bonds is 3. The van der Waals surface area contributed by atoms with Gasteiger partial charge in [0.25, 0.3) is 12.2 Å². The Kier molecular flexibility index (Phi) is 3.58. The van der Waals surface area contributed by atoms with E-state index in [2.05, 4.69) is 0 Å². The minimum absolute atomic E-state index is 0.270. The van der Waals surface area contributed by atoms with Crippen LogP contribution in [-0.4, -0.2) is 35.3 Å². The average Bonchev–Trinajstić information content (AvgIpc) is 2.84. The summed E-state index contributed by atoms with van der Waals surface area (Å²) in [4.78, 5) is 13.3. The number of likely N-dealkylation sites (tertiary alicyclic amines) is 1. The van der Waals surface area contributed by atoms with Crippen LogP contribution in [0.1, 0.15) is 12.8 Å². The van der Waals surface area contributed by atoms with Crippen LogP contribution in [0, 0.1) is 5.82 Å². The lowest BCUT2D eigenvalue weighted by atomic mass is 10.3. The molecule has 0 spiro atoms. The van der Waals surface area contributed by atoms with Gasteiger partial charge in [0.1, 0.15) is 11.6 Å². The normalized spacial score (nSPS) is 16.9. The molecule has 5 heteroatoms. The first-order valence-electron chi connectivity index (χ1n) is 5.56. The van der Waals surface area contributed by atoms with E-state index in [0.717, 1.165) is 12.8 Å². The van der Waals surface area contributed by atoms with Gasteiger partial charge in [-0.25, -0.2) is 4.39 Å². The van der Waals surface area contributed by atoms with Crippen molar-refractivity contribution in [2.45, 2.75) is 19.1 Å². The maximum atomic E-state index is 12.6. The molecule has 1 unspecified atom stereocenters. The molecule has 1 amide bonds. The number of amides is 1. The number of benzene rings is 1. The number of carbonyl (C=O) groups excluding carboxylic acids is 1. The zero-order valence-electron chi connectivity index (χ0n) is 9.30. The van der Waals surface area contributed by atoms with Crippen molar-refractivity contribution in [3.63, 3.8) is 0 Å². The van der Waals surface area contributed by atoms with Crippen LogP contribution in [0.25, 0.3) is 0 Å². The fourth-order valence-corrected chi connectivity index (χ4v) is 1.79. The molecule has 0 bridgehead atoms. The van der Waals surface area contributed by atoms with Gasteiger partial charge in [0.05, 0.1) is 0 Å². The first-order valence-corrected chi connectivity index (χ1v) is 5.56. The van der Waals surface area contributed by atoms with Gasteiger partial charge in [-0.15, -0.1) is 0 Å². The van der Waals surface area contributed by atoms with E-state index < -0.39 is 18.0 Å². The van der Waals surface area contributed by atoms with Gasteiger partial charge in [0.2, 0.25) is 0 Å². The third-order valence-electron chi connectivity index (χ3n) is 2.69. The summed E-state index contributed by atoms with van der Waals surface area (Å²) in [5.41, 5.74) is 0. The summed E-state index contributed by atoms with van der Waals surface area (Å²) in [5.74, 6) is -0.559. The Morgan fingerprint density at radius 2 is 1.88 bits per heavy atom. The van der Waals surface area contributed by atoms with Crippen molar-refractivity contribution in [3.8, 4) is 5.75 Å². The molecule has 4 nitrogen and oxygen atoms in total. The molecule has 17 heavy (non-hydrogen) atoms. The lowest BCUT2D eigenvalue weighted by molar-refractivity contribution is -0.153. The van der Waals surface area contributed by atoms with Crippen molar-refractivity contribution in [1.82, 2.24) is 4.90 Å². The lowest BCUT2D eigenvalue weighted by Gasteiger charge is -2.19. The third kappa shape index (κ3) is 2.94. The van der Waals surface area contributed by atoms with Crippen LogP contribution in [0.15, 0.2) is 24.3 Å². The summed E-state index contributed by atoms with van der Waals surface area (Å²) in [6.07, 6.45) is 0.392. The van der Waals surface area contributed by atoms with Gasteiger partial charge in [0.15, 0.2) is 0 Å². The van der Waals surface area contributed by atoms with Crippen LogP contribution in [0.5, 0.6) is 5.75 Å². The van der Waals surface area contributed by atoms with Gasteiger partial charge in [-0.1, -0.05) is 0 Å². The molecule has 1 atom stereocenters. The van der Waals surface area contributed by atoms with E-state index in [-0.39, 0.29) is 5.75 Å². The van der Waals surface area contributed by atoms with Crippen molar-refractivity contribution in [1.29, 1.82) is 0 Å². The summed E-state index contributed by atoms with van der Waals surface area (Å²) in [6, 6.07) is 5.16. The number of halogens is 1. The highest BCUT2D eigenvalue weighted by molar-refractivity contribution is 5.79. The van der Waals surface area contributed by atoms with Crippen molar-refractivity contribution in [3.05, 3.63) is 30.1 Å². The summed E-state index contributed by atoms with van der Waals surface area (Å²) in [5, 5.41) is 9.59. The number of aliphatic hydroxyl groups is 1. The number of carbonyl (C=O) groups is 1. The van der Waals surface area contributed by atoms with Crippen LogP contribution >= 0.6 is 0 Å². The number of hydrogen-bond donors (Lipinski definition) is 1. The highest BCUT2D eigenvalue weighted by Gasteiger charge is 2.26. The summed E-state index contributed by atoms with van der Waals surface area (Å²) >= 11 is 0. The molecule has 2 rings (SSSR count). The van der Waals surface area contributed by atoms with Crippen LogP contribution in [0.2, 0.25) is 0 Å². The molecule has 92 valence electrons. The zero-order valence-corrected chi connectivity index (χ0v) is 9.30. The summed E-state index contributed by atoms with van der Waals surface area (Å²) in [7, 11) is 0. The van der Waals surface area contributed by atoms with Crippen molar-refractivity contribution < 1.29 is 19.0 Å². The Morgan fingerprint density at radius 3 is 2.47 bits per heavy atom. The highest BCUT2D eigenvalue weighted by atomic mass is 19.1. The molecule has 1 aliphatic rings. The molecular formula is C12H14FNO3. The second kappa shape index (κ2) is 5.14. The molecule has 0 radical (unpaired) electrons. The molecule has 0 aliphatic carbocycles. The standard InChI is InChI=1S/C12H14FNO3/c13-9-3-5-10(6-4-9)17-12(16)11(15)14-7-1-2-8-14/h3-6,12,16H,1-2,7-8H2. The van der Waals surface area contributed by atoms with Crippen LogP contribution in [0.3, 0.4) is 0 Å². The van der Waals surface area contributed by atoms with E-state index in [1.165, 1.54) is 24.3 Å². The second-order valence-electron chi connectivity index (χ2n) is 3.96. The minimum atomic E-state index is -1.52. The molecule has 1 aliphatic heterocycles. The minimum Gasteiger partial charge on any atom is -0.455 e. The predicted molar refractivity (Wildman–Crippen MR) is 58.8 cm³/mol. The SMILES string of the molecule is O=C(C(O)Oc1ccc(F)cc1)N1CCCC1. The van der Waals surface area contributed by atoms with E-state index in [1.54, 1.807) is 4.90 Å². The predicted octanol–water partition coefficient (Wildman–Crippen LogP) is 1.15. The zero-order chi connectivity index (χ0) is 12.3. The summed E-state index contributed by atoms with van der Waals surface area (Å²) in [6.45, 7) is 1.31. The monoisotopic (exact) mass is 239 g/mol. The molecule has 0 saturated carbocycles. The van der Waals surface area contributed by atoms with Crippen LogP contribution in [0.4, 0.5) is 4.39 Å². The van der Waals surface area contributed by atoms with Gasteiger partial charge in [-0.05, 0) is 37.1 Å². The van der Waals surface area contributed by atoms with Gasteiger partial charge >= 0.3 is 0 Å². The van der Waals surface area contributed by atoms with Crippen molar-refractivity contribution in [2.75, 3.05) is 13.1 Å². The van der Waals surface area contributed by atoms with E-state index in [9.17, 15) is 14.3 Å². The largest absolute Gasteiger partial charge is 0.455 e. The van der Waals surface area contributed by atoms with E-state index >= 15 is 0 Å². The van der Waals surface area contributed by atoms with E-state index in [4.69, 9.17) is 4.74 Å². The topological polar surface area (TPSA) is 49.8 Å². The Bertz CT molecular complexity index is 387. The molecule has 1 aromatic rings. The molecule has 1 heterocycles. The fraction of sp³-hybridized carbons (Fsp3) is 0.417. The van der Waals surface area contributed by atoms with Crippen molar-refractivity contribution >= 4 is 5.91 Å². The quantitative estimate of drug-likeness (QED) is 0.805. The van der Waals surface area contributed by atoms with E-state index in [0.29, 0.717) is 13.1 Å². The van der Waals surface area contributed by atoms with Gasteiger partial charge in [0, 0.05) is 13.1 Å². The molecule has 1 fully saturated rings. The lowest BCUT2D eigenvalue weighted by Crippen LogP contribution is -2.40. The van der Waals surface area contributed by atoms with Crippen LogP contribution in [-0.2, 0) is 4.79 Å². The molecule has 0 aromatic heterocycles. The second-order valence-corrected chi connectivity index (χ2v) is 3.96. The maximum absolute atomic E-state index is 12.6. The number of nitrogens with zero attached hydrogens (tertiary/aromatic N) is 1. The van der Waals surface area contributed by atoms with Gasteiger partial charge in [-0.2, -0.15) is 0 Å². The third-order valence-corrected chi connectivity index (χ3v) is 2.69. The average molecular weight is 239 g/mol. The van der Waals surface area contributed by atoms with Gasteiger partial charge in [-0.3, -0.25) is 4.79 Å². The molecule has 1 N–H and O–H groups in total. The van der Waals surface area contributed by atoms with E-state index in [1.807, 2.05) is 0 Å². The number of hydrogen-bond acceptors (Lipinski definition) is 3. The smallest absolute Gasteiger partial charge is 0.291 e. The van der Waals surface area contributed by atoms with Gasteiger partial charge < -0.3 is 14.7 Å². The Morgan fingerprint density at radius 1 is 1.29 bits per heavy atom. The van der Waals surface area contributed by atoms with Crippen molar-refractivity contribution in [2.24, 2.45) is 0 Å². The first kappa shape index (κ1) is 11.9. The molecule has 1 saturated heterocycles. The number of ether oxygens (including phenoxy) is 1. The Hall–Kier alpha value is -1.62. The Labute approximate surface area is 98.6 Å². The summed E-state index contributed by atoms with van der Waals surface area (Å²) < 4.78 is 17.7. The fourth-order valence-electron chi connectivity index (χ4n) is 1.79. The van der Waals surface area contributed by atoms with Crippen LogP contribution < -0.4 is 4.74 Å². The molecular weight excluding hydrogens is 225 g/mol. The Balaban J connectivity index is 1.93. The maximum Gasteiger partial charge on any atom is 0.291 e. The number of aliphatic hydroxyl groups excluding tert-OH is 1.